The first-order valence-electron chi connectivity index (χ1n) is 8.53. The summed E-state index contributed by atoms with van der Waals surface area (Å²) < 4.78 is 0. The minimum Gasteiger partial charge on any atom is -0.357 e. The van der Waals surface area contributed by atoms with E-state index in [4.69, 9.17) is 0 Å². The van der Waals surface area contributed by atoms with Crippen molar-refractivity contribution in [2.24, 2.45) is 10.9 Å². The molecular formula is C18H29IN4O. The summed E-state index contributed by atoms with van der Waals surface area (Å²) in [6, 6.07) is 9.92. The topological polar surface area (TPSA) is 56.7 Å². The van der Waals surface area contributed by atoms with E-state index in [1.165, 1.54) is 12.8 Å². The predicted molar refractivity (Wildman–Crippen MR) is 110 cm³/mol. The van der Waals surface area contributed by atoms with Crippen molar-refractivity contribution in [2.45, 2.75) is 33.2 Å². The van der Waals surface area contributed by atoms with E-state index in [1.54, 1.807) is 0 Å². The number of likely N-dealkylation sites (tertiary alicyclic amines) is 1. The van der Waals surface area contributed by atoms with Gasteiger partial charge in [0.15, 0.2) is 5.96 Å². The van der Waals surface area contributed by atoms with Gasteiger partial charge in [-0.2, -0.15) is 0 Å². The highest BCUT2D eigenvalue weighted by Crippen LogP contribution is 2.15. The number of benzene rings is 1. The number of nitrogens with zero attached hydrogens (tertiary/aromatic N) is 2. The molecule has 1 heterocycles. The zero-order chi connectivity index (χ0) is 16.5. The first kappa shape index (κ1) is 20.7. The lowest BCUT2D eigenvalue weighted by molar-refractivity contribution is -0.119. The summed E-state index contributed by atoms with van der Waals surface area (Å²) in [4.78, 5) is 18.8. The fourth-order valence-electron chi connectivity index (χ4n) is 2.81. The second-order valence-corrected chi connectivity index (χ2v) is 6.13. The normalized spacial score (nSPS) is 17.8. The van der Waals surface area contributed by atoms with E-state index in [9.17, 15) is 4.79 Å². The maximum atomic E-state index is 12.0. The molecule has 1 atom stereocenters. The number of rotatable bonds is 5. The third-order valence-corrected chi connectivity index (χ3v) is 4.00. The molecule has 1 aliphatic heterocycles. The van der Waals surface area contributed by atoms with E-state index in [2.05, 4.69) is 34.4 Å². The zero-order valence-electron chi connectivity index (χ0n) is 14.6. The molecule has 2 rings (SSSR count). The molecule has 5 nitrogen and oxygen atoms in total. The van der Waals surface area contributed by atoms with Crippen molar-refractivity contribution in [1.82, 2.24) is 15.5 Å². The third kappa shape index (κ3) is 7.07. The molecule has 1 unspecified atom stereocenters. The molecule has 6 heteroatoms. The number of piperidine rings is 1. The minimum atomic E-state index is -0.0469. The Balaban J connectivity index is 0.00000288. The predicted octanol–water partition coefficient (Wildman–Crippen LogP) is 2.62. The molecule has 1 fully saturated rings. The van der Waals surface area contributed by atoms with Crippen LogP contribution in [-0.2, 0) is 11.3 Å². The van der Waals surface area contributed by atoms with Crippen LogP contribution in [0.15, 0.2) is 35.3 Å². The molecule has 134 valence electrons. The van der Waals surface area contributed by atoms with Crippen LogP contribution < -0.4 is 10.6 Å². The Morgan fingerprint density at radius 1 is 1.29 bits per heavy atom. The number of guanidine groups is 1. The van der Waals surface area contributed by atoms with Crippen LogP contribution in [0, 0.1) is 5.92 Å². The van der Waals surface area contributed by atoms with Crippen LogP contribution in [0.1, 0.15) is 32.3 Å². The van der Waals surface area contributed by atoms with Crippen molar-refractivity contribution < 1.29 is 4.79 Å². The molecule has 0 radical (unpaired) electrons. The Labute approximate surface area is 162 Å². The SMILES string of the molecule is CCNC(=NCC(=O)NCc1ccccc1)N1CCCC(C)C1.I. The van der Waals surface area contributed by atoms with E-state index < -0.39 is 0 Å². The molecule has 1 aromatic carbocycles. The number of carbonyl (C=O) groups excluding carboxylic acids is 1. The molecule has 24 heavy (non-hydrogen) atoms. The van der Waals surface area contributed by atoms with Crippen LogP contribution in [0.25, 0.3) is 0 Å². The number of hydrogen-bond acceptors (Lipinski definition) is 2. The van der Waals surface area contributed by atoms with Crippen LogP contribution in [0.3, 0.4) is 0 Å². The van der Waals surface area contributed by atoms with Crippen molar-refractivity contribution in [1.29, 1.82) is 0 Å². The molecule has 1 aliphatic rings. The lowest BCUT2D eigenvalue weighted by Crippen LogP contribution is -2.46. The summed E-state index contributed by atoms with van der Waals surface area (Å²) in [6.07, 6.45) is 2.46. The van der Waals surface area contributed by atoms with Gasteiger partial charge in [-0.15, -0.1) is 24.0 Å². The molecule has 2 N–H and O–H groups in total. The van der Waals surface area contributed by atoms with Gasteiger partial charge >= 0.3 is 0 Å². The van der Waals surface area contributed by atoms with Gasteiger partial charge in [0.1, 0.15) is 6.54 Å². The molecule has 1 amide bonds. The summed E-state index contributed by atoms with van der Waals surface area (Å²) in [5, 5.41) is 6.21. The average Bonchev–Trinajstić information content (AvgIpc) is 2.57. The van der Waals surface area contributed by atoms with Gasteiger partial charge in [-0.05, 0) is 31.2 Å². The number of hydrogen-bond donors (Lipinski definition) is 2. The van der Waals surface area contributed by atoms with Gasteiger partial charge in [0.2, 0.25) is 5.91 Å². The summed E-state index contributed by atoms with van der Waals surface area (Å²) in [5.74, 6) is 1.49. The Hall–Kier alpha value is -1.31. The first-order chi connectivity index (χ1) is 11.2. The number of carbonyl (C=O) groups is 1. The summed E-state index contributed by atoms with van der Waals surface area (Å²) in [6.45, 7) is 7.88. The maximum absolute atomic E-state index is 12.0. The van der Waals surface area contributed by atoms with E-state index in [1.807, 2.05) is 30.3 Å². The lowest BCUT2D eigenvalue weighted by Gasteiger charge is -2.33. The van der Waals surface area contributed by atoms with Crippen molar-refractivity contribution in [3.63, 3.8) is 0 Å². The van der Waals surface area contributed by atoms with E-state index in [0.29, 0.717) is 12.5 Å². The highest BCUT2D eigenvalue weighted by molar-refractivity contribution is 14.0. The number of halogens is 1. The van der Waals surface area contributed by atoms with Gasteiger partial charge < -0.3 is 15.5 Å². The van der Waals surface area contributed by atoms with Gasteiger partial charge in [0.25, 0.3) is 0 Å². The van der Waals surface area contributed by atoms with Crippen LogP contribution in [0.5, 0.6) is 0 Å². The zero-order valence-corrected chi connectivity index (χ0v) is 17.0. The molecule has 0 bridgehead atoms. The van der Waals surface area contributed by atoms with Crippen LogP contribution in [0.4, 0.5) is 0 Å². The number of nitrogens with one attached hydrogen (secondary N) is 2. The van der Waals surface area contributed by atoms with Crippen LogP contribution in [0.2, 0.25) is 0 Å². The largest absolute Gasteiger partial charge is 0.357 e. The Kier molecular flexibility index (Phi) is 9.75. The summed E-state index contributed by atoms with van der Waals surface area (Å²) in [7, 11) is 0. The maximum Gasteiger partial charge on any atom is 0.242 e. The fourth-order valence-corrected chi connectivity index (χ4v) is 2.81. The van der Waals surface area contributed by atoms with Gasteiger partial charge in [0, 0.05) is 26.2 Å². The van der Waals surface area contributed by atoms with Crippen LogP contribution in [-0.4, -0.2) is 42.9 Å². The minimum absolute atomic E-state index is 0. The molecule has 1 aromatic rings. The van der Waals surface area contributed by atoms with E-state index in [-0.39, 0.29) is 36.4 Å². The highest BCUT2D eigenvalue weighted by Gasteiger charge is 2.19. The van der Waals surface area contributed by atoms with Crippen LogP contribution >= 0.6 is 24.0 Å². The Morgan fingerprint density at radius 2 is 2.04 bits per heavy atom. The van der Waals surface area contributed by atoms with E-state index in [0.717, 1.165) is 31.2 Å². The van der Waals surface area contributed by atoms with Crippen molar-refractivity contribution in [3.8, 4) is 0 Å². The molecule has 0 aliphatic carbocycles. The van der Waals surface area contributed by atoms with Gasteiger partial charge in [-0.1, -0.05) is 37.3 Å². The smallest absolute Gasteiger partial charge is 0.242 e. The standard InChI is InChI=1S/C18H28N4O.HI/c1-3-19-18(22-11-7-8-15(2)14-22)21-13-17(23)20-12-16-9-5-4-6-10-16;/h4-6,9-10,15H,3,7-8,11-14H2,1-2H3,(H,19,21)(H,20,23);1H. The van der Waals surface area contributed by atoms with Crippen molar-refractivity contribution >= 4 is 35.8 Å². The number of amides is 1. The van der Waals surface area contributed by atoms with Crippen molar-refractivity contribution in [2.75, 3.05) is 26.2 Å². The van der Waals surface area contributed by atoms with Gasteiger partial charge in [0.05, 0.1) is 0 Å². The molecule has 0 spiro atoms. The van der Waals surface area contributed by atoms with Gasteiger partial charge in [-0.25, -0.2) is 4.99 Å². The third-order valence-electron chi connectivity index (χ3n) is 4.00. The Bertz CT molecular complexity index is 521. The first-order valence-corrected chi connectivity index (χ1v) is 8.53. The van der Waals surface area contributed by atoms with E-state index >= 15 is 0 Å². The summed E-state index contributed by atoms with van der Waals surface area (Å²) in [5.41, 5.74) is 1.10. The quantitative estimate of drug-likeness (QED) is 0.417. The monoisotopic (exact) mass is 444 g/mol. The molecule has 0 aromatic heterocycles. The molecule has 0 saturated carbocycles. The molecule has 1 saturated heterocycles. The average molecular weight is 444 g/mol. The Morgan fingerprint density at radius 3 is 2.71 bits per heavy atom. The molecular weight excluding hydrogens is 415 g/mol. The summed E-state index contributed by atoms with van der Waals surface area (Å²) >= 11 is 0. The van der Waals surface area contributed by atoms with Gasteiger partial charge in [-0.3, -0.25) is 4.79 Å². The van der Waals surface area contributed by atoms with Crippen molar-refractivity contribution in [3.05, 3.63) is 35.9 Å². The number of aliphatic imine (C=N–C) groups is 1. The highest BCUT2D eigenvalue weighted by atomic mass is 127. The fraction of sp³-hybridized carbons (Fsp3) is 0.556. The lowest BCUT2D eigenvalue weighted by atomic mass is 10.0. The second-order valence-electron chi connectivity index (χ2n) is 6.13. The second kappa shape index (κ2) is 11.3.